The summed E-state index contributed by atoms with van der Waals surface area (Å²) in [5.41, 5.74) is 2.10. The number of rotatable bonds is 7. The molecule has 1 fully saturated rings. The van der Waals surface area contributed by atoms with Crippen molar-refractivity contribution < 1.29 is 23.0 Å². The Morgan fingerprint density at radius 1 is 1.06 bits per heavy atom. The molecule has 2 aromatic carbocycles. The number of hydrogen-bond donors (Lipinski definition) is 1. The van der Waals surface area contributed by atoms with Crippen molar-refractivity contribution >= 4 is 22.6 Å². The maximum absolute atomic E-state index is 13.0. The number of fused-ring (bicyclic) bond motifs is 1. The molecule has 5 rings (SSSR count). The number of alkyl halides is 2. The molecule has 1 amide bonds. The van der Waals surface area contributed by atoms with Gasteiger partial charge in [0, 0.05) is 30.2 Å². The molecule has 3 heterocycles. The Morgan fingerprint density at radius 2 is 1.89 bits per heavy atom. The SMILES string of the molecule is O=C(Nc1ccnc(CN2CCOCC2)n1)c1ccc2cccc(-c3cccc(OC(F)F)c3)c2n1. The Balaban J connectivity index is 1.38. The molecule has 8 nitrogen and oxygen atoms in total. The van der Waals surface area contributed by atoms with Crippen LogP contribution in [0.3, 0.4) is 0 Å². The first-order valence-electron chi connectivity index (χ1n) is 11.4. The summed E-state index contributed by atoms with van der Waals surface area (Å²) in [7, 11) is 0. The molecule has 1 aliphatic heterocycles. The van der Waals surface area contributed by atoms with Crippen molar-refractivity contribution in [3.63, 3.8) is 0 Å². The van der Waals surface area contributed by atoms with Gasteiger partial charge in [-0.05, 0) is 29.8 Å². The molecule has 0 radical (unpaired) electrons. The number of para-hydroxylation sites is 1. The number of nitrogens with one attached hydrogen (secondary N) is 1. The summed E-state index contributed by atoms with van der Waals surface area (Å²) in [5.74, 6) is 0.613. The summed E-state index contributed by atoms with van der Waals surface area (Å²) in [6.07, 6.45) is 1.61. The largest absolute Gasteiger partial charge is 0.435 e. The van der Waals surface area contributed by atoms with Gasteiger partial charge in [0.25, 0.3) is 5.91 Å². The predicted molar refractivity (Wildman–Crippen MR) is 130 cm³/mol. The molecular weight excluding hydrogens is 468 g/mol. The van der Waals surface area contributed by atoms with Crippen LogP contribution in [0.2, 0.25) is 0 Å². The summed E-state index contributed by atoms with van der Waals surface area (Å²) in [4.78, 5) is 28.6. The maximum atomic E-state index is 13.0. The Hall–Kier alpha value is -4.02. The molecule has 1 saturated heterocycles. The van der Waals surface area contributed by atoms with Gasteiger partial charge in [-0.3, -0.25) is 9.69 Å². The van der Waals surface area contributed by atoms with Crippen molar-refractivity contribution in [2.75, 3.05) is 31.6 Å². The van der Waals surface area contributed by atoms with Gasteiger partial charge >= 0.3 is 6.61 Å². The van der Waals surface area contributed by atoms with Crippen LogP contribution in [0, 0.1) is 0 Å². The van der Waals surface area contributed by atoms with E-state index in [9.17, 15) is 13.6 Å². The Morgan fingerprint density at radius 3 is 2.72 bits per heavy atom. The van der Waals surface area contributed by atoms with Crippen LogP contribution in [-0.4, -0.2) is 58.7 Å². The number of halogens is 2. The molecule has 0 bridgehead atoms. The van der Waals surface area contributed by atoms with Gasteiger partial charge in [0.2, 0.25) is 0 Å². The van der Waals surface area contributed by atoms with Gasteiger partial charge in [-0.2, -0.15) is 8.78 Å². The zero-order valence-electron chi connectivity index (χ0n) is 19.2. The van der Waals surface area contributed by atoms with E-state index in [1.807, 2.05) is 18.2 Å². The fourth-order valence-electron chi connectivity index (χ4n) is 4.03. The third-order valence-corrected chi connectivity index (χ3v) is 5.74. The minimum Gasteiger partial charge on any atom is -0.435 e. The van der Waals surface area contributed by atoms with Crippen molar-refractivity contribution in [2.24, 2.45) is 0 Å². The number of benzene rings is 2. The number of carbonyl (C=O) groups is 1. The summed E-state index contributed by atoms with van der Waals surface area (Å²) in [5, 5.41) is 3.60. The monoisotopic (exact) mass is 491 g/mol. The fourth-order valence-corrected chi connectivity index (χ4v) is 4.03. The van der Waals surface area contributed by atoms with E-state index in [-0.39, 0.29) is 11.4 Å². The van der Waals surface area contributed by atoms with Gasteiger partial charge in [-0.25, -0.2) is 15.0 Å². The Bertz CT molecular complexity index is 1380. The van der Waals surface area contributed by atoms with Gasteiger partial charge in [0.15, 0.2) is 0 Å². The molecule has 184 valence electrons. The summed E-state index contributed by atoms with van der Waals surface area (Å²) in [6.45, 7) is 0.614. The lowest BCUT2D eigenvalue weighted by Crippen LogP contribution is -2.36. The highest BCUT2D eigenvalue weighted by Crippen LogP contribution is 2.30. The average molecular weight is 491 g/mol. The number of anilines is 1. The highest BCUT2D eigenvalue weighted by molar-refractivity contribution is 6.04. The quantitative estimate of drug-likeness (QED) is 0.410. The first kappa shape index (κ1) is 23.7. The number of aromatic nitrogens is 3. The topological polar surface area (TPSA) is 89.5 Å². The van der Waals surface area contributed by atoms with E-state index in [1.165, 1.54) is 12.1 Å². The van der Waals surface area contributed by atoms with Gasteiger partial charge in [-0.1, -0.05) is 36.4 Å². The third kappa shape index (κ3) is 5.61. The predicted octanol–water partition coefficient (Wildman–Crippen LogP) is 4.38. The number of nitrogens with zero attached hydrogens (tertiary/aromatic N) is 4. The van der Waals surface area contributed by atoms with Crippen LogP contribution in [0.25, 0.3) is 22.0 Å². The first-order valence-corrected chi connectivity index (χ1v) is 11.4. The smallest absolute Gasteiger partial charge is 0.387 e. The van der Waals surface area contributed by atoms with Crippen molar-refractivity contribution in [1.82, 2.24) is 19.9 Å². The summed E-state index contributed by atoms with van der Waals surface area (Å²) >= 11 is 0. The van der Waals surface area contributed by atoms with Gasteiger partial charge < -0.3 is 14.8 Å². The van der Waals surface area contributed by atoms with Crippen LogP contribution in [0.15, 0.2) is 66.9 Å². The molecule has 2 aromatic heterocycles. The van der Waals surface area contributed by atoms with E-state index in [2.05, 4.69) is 29.9 Å². The van der Waals surface area contributed by atoms with Gasteiger partial charge in [0.1, 0.15) is 23.1 Å². The lowest BCUT2D eigenvalue weighted by molar-refractivity contribution is -0.0498. The highest BCUT2D eigenvalue weighted by Gasteiger charge is 2.15. The minimum absolute atomic E-state index is 0.0463. The van der Waals surface area contributed by atoms with E-state index in [0.29, 0.717) is 48.0 Å². The molecular formula is C26H23F2N5O3. The summed E-state index contributed by atoms with van der Waals surface area (Å²) in [6, 6.07) is 17.0. The molecule has 0 saturated carbocycles. The first-order chi connectivity index (χ1) is 17.5. The lowest BCUT2D eigenvalue weighted by Gasteiger charge is -2.25. The standard InChI is InChI=1S/C26H23F2N5O3/c27-26(28)36-19-5-1-4-18(15-19)20-6-2-3-17-7-8-21(30-24(17)20)25(34)32-22-9-10-29-23(31-22)16-33-11-13-35-14-12-33/h1-10,15,26H,11-14,16H2,(H,29,31,32,34). The minimum atomic E-state index is -2.92. The molecule has 0 unspecified atom stereocenters. The lowest BCUT2D eigenvalue weighted by atomic mass is 10.0. The van der Waals surface area contributed by atoms with Crippen molar-refractivity contribution in [3.05, 3.63) is 78.4 Å². The molecule has 36 heavy (non-hydrogen) atoms. The zero-order valence-corrected chi connectivity index (χ0v) is 19.2. The van der Waals surface area contributed by atoms with Crippen molar-refractivity contribution in [1.29, 1.82) is 0 Å². The van der Waals surface area contributed by atoms with Gasteiger partial charge in [-0.15, -0.1) is 0 Å². The molecule has 4 aromatic rings. The van der Waals surface area contributed by atoms with E-state index in [4.69, 9.17) is 4.74 Å². The van der Waals surface area contributed by atoms with E-state index in [0.717, 1.165) is 18.5 Å². The maximum Gasteiger partial charge on any atom is 0.387 e. The second kappa shape index (κ2) is 10.7. The van der Waals surface area contributed by atoms with E-state index in [1.54, 1.807) is 36.5 Å². The van der Waals surface area contributed by atoms with Crippen LogP contribution in [0.4, 0.5) is 14.6 Å². The Labute approximate surface area is 205 Å². The van der Waals surface area contributed by atoms with Crippen molar-refractivity contribution in [3.8, 4) is 16.9 Å². The number of pyridine rings is 1. The highest BCUT2D eigenvalue weighted by atomic mass is 19.3. The molecule has 0 aliphatic carbocycles. The van der Waals surface area contributed by atoms with Crippen LogP contribution in [0.5, 0.6) is 5.75 Å². The van der Waals surface area contributed by atoms with Crippen LogP contribution in [-0.2, 0) is 11.3 Å². The van der Waals surface area contributed by atoms with Crippen molar-refractivity contribution in [2.45, 2.75) is 13.2 Å². The second-order valence-corrected chi connectivity index (χ2v) is 8.18. The van der Waals surface area contributed by atoms with Crippen LogP contribution < -0.4 is 10.1 Å². The summed E-state index contributed by atoms with van der Waals surface area (Å²) < 4.78 is 35.3. The number of ether oxygens (including phenoxy) is 2. The normalized spacial score (nSPS) is 14.2. The number of carbonyl (C=O) groups excluding carboxylic acids is 1. The number of hydrogen-bond acceptors (Lipinski definition) is 7. The van der Waals surface area contributed by atoms with E-state index >= 15 is 0 Å². The molecule has 1 aliphatic rings. The Kier molecular flexibility index (Phi) is 7.06. The van der Waals surface area contributed by atoms with Gasteiger partial charge in [0.05, 0.1) is 25.3 Å². The van der Waals surface area contributed by atoms with E-state index < -0.39 is 12.5 Å². The molecule has 0 spiro atoms. The third-order valence-electron chi connectivity index (χ3n) is 5.74. The average Bonchev–Trinajstić information content (AvgIpc) is 2.88. The molecule has 1 N–H and O–H groups in total. The van der Waals surface area contributed by atoms with Crippen LogP contribution in [0.1, 0.15) is 16.3 Å². The second-order valence-electron chi connectivity index (χ2n) is 8.18. The number of morpholine rings is 1. The molecule has 0 atom stereocenters. The fraction of sp³-hybridized carbons (Fsp3) is 0.231. The zero-order chi connectivity index (χ0) is 24.9. The molecule has 10 heteroatoms. The number of amides is 1. The van der Waals surface area contributed by atoms with Crippen LogP contribution >= 0.6 is 0 Å².